The van der Waals surface area contributed by atoms with Crippen LogP contribution in [0, 0.1) is 18.7 Å². The first-order chi connectivity index (χ1) is 9.59. The third-order valence-corrected chi connectivity index (χ3v) is 2.93. The van der Waals surface area contributed by atoms with Gasteiger partial charge in [-0.05, 0) is 31.4 Å². The number of H-pyrrole nitrogens is 1. The number of carbonyl (C=O) groups is 1. The van der Waals surface area contributed by atoms with Crippen LogP contribution >= 0.6 is 0 Å². The molecule has 0 aliphatic carbocycles. The summed E-state index contributed by atoms with van der Waals surface area (Å²) in [7, 11) is 0. The van der Waals surface area contributed by atoms with Crippen molar-refractivity contribution in [1.29, 1.82) is 0 Å². The van der Waals surface area contributed by atoms with E-state index in [1.54, 1.807) is 6.20 Å². The van der Waals surface area contributed by atoms with E-state index in [-0.39, 0.29) is 5.56 Å². The van der Waals surface area contributed by atoms with Gasteiger partial charge in [-0.15, -0.1) is 0 Å². The van der Waals surface area contributed by atoms with Crippen LogP contribution in [0.2, 0.25) is 0 Å². The molecule has 0 aliphatic heterocycles. The second-order valence-corrected chi connectivity index (χ2v) is 4.34. The minimum Gasteiger partial charge on any atom is -0.352 e. The third-order valence-electron chi connectivity index (χ3n) is 2.93. The molecule has 2 N–H and O–H groups in total. The van der Waals surface area contributed by atoms with E-state index >= 15 is 0 Å². The van der Waals surface area contributed by atoms with Gasteiger partial charge in [-0.3, -0.25) is 9.89 Å². The smallest absolute Gasteiger partial charge is 0.254 e. The molecule has 2 rings (SSSR count). The topological polar surface area (TPSA) is 70.7 Å². The zero-order valence-electron chi connectivity index (χ0n) is 10.9. The van der Waals surface area contributed by atoms with Gasteiger partial charge in [0.05, 0.1) is 11.8 Å². The zero-order chi connectivity index (χ0) is 14.5. The number of nitrogens with zero attached hydrogens (tertiary/aromatic N) is 2. The summed E-state index contributed by atoms with van der Waals surface area (Å²) in [5, 5.41) is 9.26. The molecule has 0 unspecified atom stereocenters. The fourth-order valence-electron chi connectivity index (χ4n) is 1.80. The van der Waals surface area contributed by atoms with Crippen molar-refractivity contribution in [3.63, 3.8) is 0 Å². The molecule has 0 aromatic carbocycles. The summed E-state index contributed by atoms with van der Waals surface area (Å²) in [6.07, 6.45) is 4.22. The molecule has 20 heavy (non-hydrogen) atoms. The van der Waals surface area contributed by atoms with Gasteiger partial charge >= 0.3 is 0 Å². The number of aromatic amines is 1. The molecule has 0 spiro atoms. The van der Waals surface area contributed by atoms with Gasteiger partial charge in [-0.2, -0.15) is 9.49 Å². The van der Waals surface area contributed by atoms with E-state index < -0.39 is 17.7 Å². The first-order valence-corrected chi connectivity index (χ1v) is 6.16. The van der Waals surface area contributed by atoms with Crippen LogP contribution in [0.25, 0.3) is 0 Å². The Hall–Kier alpha value is -2.31. The van der Waals surface area contributed by atoms with Crippen LogP contribution in [0.4, 0.5) is 8.78 Å². The number of hydrogen-bond donors (Lipinski definition) is 2. The Labute approximate surface area is 114 Å². The number of hydrogen-bond acceptors (Lipinski definition) is 3. The van der Waals surface area contributed by atoms with Crippen LogP contribution in [0.5, 0.6) is 0 Å². The van der Waals surface area contributed by atoms with Gasteiger partial charge in [0.2, 0.25) is 5.95 Å². The summed E-state index contributed by atoms with van der Waals surface area (Å²) in [5.41, 5.74) is 1.72. The lowest BCUT2D eigenvalue weighted by Gasteiger charge is -2.06. The fourth-order valence-corrected chi connectivity index (χ4v) is 1.80. The maximum Gasteiger partial charge on any atom is 0.254 e. The van der Waals surface area contributed by atoms with E-state index in [1.807, 2.05) is 6.92 Å². The van der Waals surface area contributed by atoms with Crippen LogP contribution in [0.3, 0.4) is 0 Å². The van der Waals surface area contributed by atoms with Crippen molar-refractivity contribution in [3.8, 4) is 0 Å². The van der Waals surface area contributed by atoms with Crippen molar-refractivity contribution in [2.75, 3.05) is 6.54 Å². The molecular formula is C13H14F2N4O. The molecule has 1 amide bonds. The molecule has 2 aromatic rings. The van der Waals surface area contributed by atoms with Gasteiger partial charge in [0.1, 0.15) is 0 Å². The van der Waals surface area contributed by atoms with Crippen molar-refractivity contribution in [3.05, 3.63) is 47.0 Å². The summed E-state index contributed by atoms with van der Waals surface area (Å²) in [4.78, 5) is 14.8. The highest BCUT2D eigenvalue weighted by molar-refractivity contribution is 5.94. The summed E-state index contributed by atoms with van der Waals surface area (Å²) in [6.45, 7) is 2.28. The molecular weight excluding hydrogens is 266 g/mol. The Bertz CT molecular complexity index is 612. The highest BCUT2D eigenvalue weighted by atomic mass is 19.2. The maximum absolute atomic E-state index is 13.3. The van der Waals surface area contributed by atoms with Gasteiger partial charge < -0.3 is 5.32 Å². The number of aromatic nitrogens is 3. The van der Waals surface area contributed by atoms with Gasteiger partial charge in [0.15, 0.2) is 5.82 Å². The lowest BCUT2D eigenvalue weighted by Crippen LogP contribution is -2.26. The molecule has 2 heterocycles. The minimum absolute atomic E-state index is 0.336. The van der Waals surface area contributed by atoms with E-state index in [9.17, 15) is 13.6 Å². The average molecular weight is 280 g/mol. The minimum atomic E-state index is -1.27. The lowest BCUT2D eigenvalue weighted by atomic mass is 10.1. The van der Waals surface area contributed by atoms with E-state index in [1.165, 1.54) is 0 Å². The summed E-state index contributed by atoms with van der Waals surface area (Å²) in [5.74, 6) is -3.14. The predicted octanol–water partition coefficient (Wildman–Crippen LogP) is 1.75. The fraction of sp³-hybridized carbons (Fsp3) is 0.308. The van der Waals surface area contributed by atoms with Gasteiger partial charge in [0.25, 0.3) is 5.91 Å². The Kier molecular flexibility index (Phi) is 4.39. The second kappa shape index (κ2) is 6.23. The van der Waals surface area contributed by atoms with Gasteiger partial charge in [-0.25, -0.2) is 9.37 Å². The number of carbonyl (C=O) groups excluding carboxylic acids is 1. The van der Waals surface area contributed by atoms with Crippen LogP contribution < -0.4 is 5.32 Å². The van der Waals surface area contributed by atoms with Crippen LogP contribution in [-0.4, -0.2) is 27.6 Å². The number of amides is 1. The highest BCUT2D eigenvalue weighted by Crippen LogP contribution is 2.09. The molecule has 7 heteroatoms. The largest absolute Gasteiger partial charge is 0.352 e. The molecule has 2 aromatic heterocycles. The monoisotopic (exact) mass is 280 g/mol. The van der Waals surface area contributed by atoms with E-state index in [0.29, 0.717) is 13.0 Å². The number of aryl methyl sites for hydroxylation is 2. The predicted molar refractivity (Wildman–Crippen MR) is 68.1 cm³/mol. The number of halogens is 2. The molecule has 0 aliphatic rings. The number of rotatable bonds is 5. The number of nitrogens with one attached hydrogen (secondary N) is 2. The molecule has 0 fully saturated rings. The molecule has 5 nitrogen and oxygen atoms in total. The summed E-state index contributed by atoms with van der Waals surface area (Å²) in [6, 6.07) is 1.15. The lowest BCUT2D eigenvalue weighted by molar-refractivity contribution is 0.0947. The second-order valence-electron chi connectivity index (χ2n) is 4.34. The normalized spacial score (nSPS) is 10.6. The molecule has 0 atom stereocenters. The van der Waals surface area contributed by atoms with E-state index in [0.717, 1.165) is 29.9 Å². The van der Waals surface area contributed by atoms with Gasteiger partial charge in [0, 0.05) is 18.4 Å². The average Bonchev–Trinajstić information content (AvgIpc) is 2.83. The number of pyridine rings is 1. The molecule has 0 bridgehead atoms. The Morgan fingerprint density at radius 3 is 2.95 bits per heavy atom. The van der Waals surface area contributed by atoms with Crippen LogP contribution in [0.15, 0.2) is 18.5 Å². The van der Waals surface area contributed by atoms with Crippen molar-refractivity contribution in [1.82, 2.24) is 20.5 Å². The van der Waals surface area contributed by atoms with Crippen molar-refractivity contribution in [2.45, 2.75) is 19.8 Å². The Balaban J connectivity index is 1.84. The van der Waals surface area contributed by atoms with E-state index in [2.05, 4.69) is 20.5 Å². The molecule has 0 saturated carbocycles. The Morgan fingerprint density at radius 1 is 1.45 bits per heavy atom. The first-order valence-electron chi connectivity index (χ1n) is 6.16. The van der Waals surface area contributed by atoms with Crippen LogP contribution in [0.1, 0.15) is 28.0 Å². The van der Waals surface area contributed by atoms with E-state index in [4.69, 9.17) is 0 Å². The van der Waals surface area contributed by atoms with Crippen LogP contribution in [-0.2, 0) is 6.42 Å². The van der Waals surface area contributed by atoms with Crippen molar-refractivity contribution < 1.29 is 13.6 Å². The highest BCUT2D eigenvalue weighted by Gasteiger charge is 2.15. The first kappa shape index (κ1) is 14.1. The van der Waals surface area contributed by atoms with Crippen molar-refractivity contribution >= 4 is 5.91 Å². The van der Waals surface area contributed by atoms with Crippen molar-refractivity contribution in [2.24, 2.45) is 0 Å². The third kappa shape index (κ3) is 3.17. The van der Waals surface area contributed by atoms with Gasteiger partial charge in [-0.1, -0.05) is 0 Å². The standard InChI is InChI=1S/C13H14F2N4O/c1-8-9(7-18-19-8)3-2-5-17-13(20)10-4-6-16-12(15)11(10)14/h4,6-7H,2-3,5H2,1H3,(H,17,20)(H,18,19). The Morgan fingerprint density at radius 2 is 2.25 bits per heavy atom. The quantitative estimate of drug-likeness (QED) is 0.647. The zero-order valence-corrected chi connectivity index (χ0v) is 10.9. The SMILES string of the molecule is Cc1[nH]ncc1CCCNC(=O)c1ccnc(F)c1F. The molecule has 106 valence electrons. The molecule has 0 radical (unpaired) electrons. The molecule has 0 saturated heterocycles. The summed E-state index contributed by atoms with van der Waals surface area (Å²) < 4.78 is 26.2. The maximum atomic E-state index is 13.3. The summed E-state index contributed by atoms with van der Waals surface area (Å²) >= 11 is 0.